The van der Waals surface area contributed by atoms with Crippen molar-refractivity contribution in [3.8, 4) is 5.75 Å². The van der Waals surface area contributed by atoms with Gasteiger partial charge in [-0.25, -0.2) is 0 Å². The van der Waals surface area contributed by atoms with E-state index < -0.39 is 5.91 Å². The Morgan fingerprint density at radius 3 is 2.44 bits per heavy atom. The quantitative estimate of drug-likeness (QED) is 0.732. The zero-order valence-corrected chi connectivity index (χ0v) is 15.5. The van der Waals surface area contributed by atoms with Gasteiger partial charge >= 0.3 is 0 Å². The number of carbonyl (C=O) groups is 2. The zero-order chi connectivity index (χ0) is 17.4. The number of amides is 2. The lowest BCUT2D eigenvalue weighted by molar-refractivity contribution is -0.133. The summed E-state index contributed by atoms with van der Waals surface area (Å²) in [5, 5.41) is 3.18. The number of primary amides is 1. The minimum atomic E-state index is -0.463. The summed E-state index contributed by atoms with van der Waals surface area (Å²) < 4.78 is 5.57. The largest absolute Gasteiger partial charge is 0.493 e. The summed E-state index contributed by atoms with van der Waals surface area (Å²) in [5.41, 5.74) is 5.63. The number of nitrogens with one attached hydrogen (secondary N) is 1. The van der Waals surface area contributed by atoms with E-state index in [0.717, 1.165) is 38.4 Å². The van der Waals surface area contributed by atoms with E-state index in [9.17, 15) is 9.59 Å². The first kappa shape index (κ1) is 21.3. The minimum Gasteiger partial charge on any atom is -0.493 e. The molecule has 0 atom stereocenters. The highest BCUT2D eigenvalue weighted by atomic mass is 35.5. The van der Waals surface area contributed by atoms with Gasteiger partial charge in [0.05, 0.1) is 13.0 Å². The number of carbonyl (C=O) groups excluding carboxylic acids is 2. The Hall–Kier alpha value is -1.79. The fourth-order valence-corrected chi connectivity index (χ4v) is 2.95. The first-order chi connectivity index (χ1) is 11.6. The average Bonchev–Trinajstić information content (AvgIpc) is 2.60. The predicted molar refractivity (Wildman–Crippen MR) is 100 cm³/mol. The molecule has 25 heavy (non-hydrogen) atoms. The van der Waals surface area contributed by atoms with Gasteiger partial charge in [-0.3, -0.25) is 9.59 Å². The second-order valence-corrected chi connectivity index (χ2v) is 6.20. The molecule has 140 valence electrons. The lowest BCUT2D eigenvalue weighted by atomic mass is 9.93. The standard InChI is InChI=1S/C18H27N3O3.ClH/c1-20-10-6-14-7-11-21(12-8-14)17(22)9-13-24-16-4-2-15(3-5-16)18(19)23;/h2-5,14,20H,6-13H2,1H3,(H2,19,23);1H. The monoisotopic (exact) mass is 369 g/mol. The number of likely N-dealkylation sites (tertiary alicyclic amines) is 1. The van der Waals surface area contributed by atoms with Crippen molar-refractivity contribution < 1.29 is 14.3 Å². The zero-order valence-electron chi connectivity index (χ0n) is 14.7. The highest BCUT2D eigenvalue weighted by Gasteiger charge is 2.22. The lowest BCUT2D eigenvalue weighted by Crippen LogP contribution is -2.39. The Morgan fingerprint density at radius 2 is 1.88 bits per heavy atom. The van der Waals surface area contributed by atoms with Crippen molar-refractivity contribution in [3.63, 3.8) is 0 Å². The van der Waals surface area contributed by atoms with Gasteiger partial charge in [0, 0.05) is 18.7 Å². The molecule has 1 aromatic carbocycles. The third-order valence-corrected chi connectivity index (χ3v) is 4.49. The van der Waals surface area contributed by atoms with Crippen LogP contribution in [-0.2, 0) is 4.79 Å². The number of rotatable bonds is 8. The molecule has 0 aliphatic carbocycles. The molecule has 1 heterocycles. The SMILES string of the molecule is CNCCC1CCN(C(=O)CCOc2ccc(C(N)=O)cc2)CC1.Cl. The van der Waals surface area contributed by atoms with Crippen LogP contribution in [0.2, 0.25) is 0 Å². The van der Waals surface area contributed by atoms with Gasteiger partial charge in [0.15, 0.2) is 0 Å². The van der Waals surface area contributed by atoms with Crippen LogP contribution in [0.4, 0.5) is 0 Å². The number of nitrogens with zero attached hydrogens (tertiary/aromatic N) is 1. The van der Waals surface area contributed by atoms with Crippen LogP contribution < -0.4 is 15.8 Å². The van der Waals surface area contributed by atoms with Crippen LogP contribution in [-0.4, -0.2) is 50.0 Å². The van der Waals surface area contributed by atoms with Crippen LogP contribution in [0.5, 0.6) is 5.75 Å². The third kappa shape index (κ3) is 6.92. The molecule has 2 rings (SSSR count). The van der Waals surface area contributed by atoms with E-state index in [1.165, 1.54) is 6.42 Å². The van der Waals surface area contributed by atoms with Crippen molar-refractivity contribution in [2.75, 3.05) is 33.3 Å². The molecular formula is C18H28ClN3O3. The highest BCUT2D eigenvalue weighted by Crippen LogP contribution is 2.20. The molecular weight excluding hydrogens is 342 g/mol. The Labute approximate surface area is 155 Å². The molecule has 0 spiro atoms. The normalized spacial score (nSPS) is 14.7. The summed E-state index contributed by atoms with van der Waals surface area (Å²) in [6.45, 7) is 3.08. The molecule has 0 unspecified atom stereocenters. The average molecular weight is 370 g/mol. The van der Waals surface area contributed by atoms with Crippen molar-refractivity contribution in [2.45, 2.75) is 25.7 Å². The topological polar surface area (TPSA) is 84.7 Å². The van der Waals surface area contributed by atoms with Gasteiger partial charge < -0.3 is 20.7 Å². The number of halogens is 1. The van der Waals surface area contributed by atoms with Crippen LogP contribution >= 0.6 is 12.4 Å². The van der Waals surface area contributed by atoms with E-state index in [-0.39, 0.29) is 18.3 Å². The van der Waals surface area contributed by atoms with Crippen LogP contribution in [0.3, 0.4) is 0 Å². The van der Waals surface area contributed by atoms with Crippen LogP contribution in [0.15, 0.2) is 24.3 Å². The van der Waals surface area contributed by atoms with E-state index in [1.54, 1.807) is 24.3 Å². The van der Waals surface area contributed by atoms with E-state index >= 15 is 0 Å². The minimum absolute atomic E-state index is 0. The molecule has 0 radical (unpaired) electrons. The maximum absolute atomic E-state index is 12.2. The lowest BCUT2D eigenvalue weighted by Gasteiger charge is -2.32. The van der Waals surface area contributed by atoms with Gasteiger partial charge in [0.2, 0.25) is 11.8 Å². The number of hydrogen-bond donors (Lipinski definition) is 2. The summed E-state index contributed by atoms with van der Waals surface area (Å²) in [5.74, 6) is 1.05. The number of benzene rings is 1. The predicted octanol–water partition coefficient (Wildman–Crippen LogP) is 1.82. The van der Waals surface area contributed by atoms with Crippen LogP contribution in [0.1, 0.15) is 36.0 Å². The molecule has 0 bridgehead atoms. The second-order valence-electron chi connectivity index (χ2n) is 6.20. The molecule has 1 aliphatic heterocycles. The second kappa shape index (κ2) is 10.9. The maximum atomic E-state index is 12.2. The van der Waals surface area contributed by atoms with E-state index in [4.69, 9.17) is 10.5 Å². The smallest absolute Gasteiger partial charge is 0.248 e. The Morgan fingerprint density at radius 1 is 1.24 bits per heavy atom. The van der Waals surface area contributed by atoms with Gasteiger partial charge in [-0.05, 0) is 63.0 Å². The first-order valence-electron chi connectivity index (χ1n) is 8.55. The maximum Gasteiger partial charge on any atom is 0.248 e. The van der Waals surface area contributed by atoms with Crippen molar-refractivity contribution >= 4 is 24.2 Å². The number of piperidine rings is 1. The molecule has 0 aromatic heterocycles. The van der Waals surface area contributed by atoms with Gasteiger partial charge in [-0.1, -0.05) is 0 Å². The molecule has 2 amide bonds. The summed E-state index contributed by atoms with van der Waals surface area (Å²) in [4.78, 5) is 25.2. The number of nitrogens with two attached hydrogens (primary N) is 1. The van der Waals surface area contributed by atoms with Crippen molar-refractivity contribution in [1.29, 1.82) is 0 Å². The van der Waals surface area contributed by atoms with Crippen LogP contribution in [0, 0.1) is 5.92 Å². The summed E-state index contributed by atoms with van der Waals surface area (Å²) >= 11 is 0. The molecule has 1 saturated heterocycles. The van der Waals surface area contributed by atoms with Crippen molar-refractivity contribution in [1.82, 2.24) is 10.2 Å². The van der Waals surface area contributed by atoms with Crippen molar-refractivity contribution in [3.05, 3.63) is 29.8 Å². The summed E-state index contributed by atoms with van der Waals surface area (Å²) in [7, 11) is 1.97. The van der Waals surface area contributed by atoms with E-state index in [0.29, 0.717) is 24.3 Å². The molecule has 7 heteroatoms. The molecule has 0 saturated carbocycles. The molecule has 6 nitrogen and oxygen atoms in total. The Kier molecular flexibility index (Phi) is 9.31. The highest BCUT2D eigenvalue weighted by molar-refractivity contribution is 5.92. The van der Waals surface area contributed by atoms with Crippen LogP contribution in [0.25, 0.3) is 0 Å². The third-order valence-electron chi connectivity index (χ3n) is 4.49. The molecule has 1 fully saturated rings. The summed E-state index contributed by atoms with van der Waals surface area (Å²) in [6, 6.07) is 6.63. The van der Waals surface area contributed by atoms with Gasteiger partial charge in [-0.15, -0.1) is 12.4 Å². The van der Waals surface area contributed by atoms with E-state index in [2.05, 4.69) is 5.32 Å². The van der Waals surface area contributed by atoms with Crippen molar-refractivity contribution in [2.24, 2.45) is 11.7 Å². The molecule has 1 aliphatic rings. The van der Waals surface area contributed by atoms with Gasteiger partial charge in [0.1, 0.15) is 5.75 Å². The Bertz CT molecular complexity index is 543. The van der Waals surface area contributed by atoms with Gasteiger partial charge in [0.25, 0.3) is 0 Å². The Balaban J connectivity index is 0.00000312. The molecule has 3 N–H and O–H groups in total. The summed E-state index contributed by atoms with van der Waals surface area (Å²) in [6.07, 6.45) is 3.73. The number of hydrogen-bond acceptors (Lipinski definition) is 4. The molecule has 1 aromatic rings. The van der Waals surface area contributed by atoms with E-state index in [1.807, 2.05) is 11.9 Å². The first-order valence-corrected chi connectivity index (χ1v) is 8.55. The van der Waals surface area contributed by atoms with Gasteiger partial charge in [-0.2, -0.15) is 0 Å². The number of ether oxygens (including phenoxy) is 1. The fourth-order valence-electron chi connectivity index (χ4n) is 2.95. The fraction of sp³-hybridized carbons (Fsp3) is 0.556.